The molecule has 5 nitrogen and oxygen atoms in total. The van der Waals surface area contributed by atoms with E-state index >= 15 is 0 Å². The fourth-order valence-electron chi connectivity index (χ4n) is 4.63. The van der Waals surface area contributed by atoms with Crippen LogP contribution >= 0.6 is 0 Å². The molecule has 0 saturated heterocycles. The van der Waals surface area contributed by atoms with Gasteiger partial charge in [0, 0.05) is 47.4 Å². The second kappa shape index (κ2) is 7.56. The number of hydrogen-bond donors (Lipinski definition) is 1. The van der Waals surface area contributed by atoms with Gasteiger partial charge in [0.25, 0.3) is 0 Å². The van der Waals surface area contributed by atoms with Crippen LogP contribution in [0.3, 0.4) is 0 Å². The predicted octanol–water partition coefficient (Wildman–Crippen LogP) is 2.36. The van der Waals surface area contributed by atoms with Gasteiger partial charge in [0.2, 0.25) is 0 Å². The first-order chi connectivity index (χ1) is 14.2. The zero-order valence-electron chi connectivity index (χ0n) is 16.8. The quantitative estimate of drug-likeness (QED) is 0.881. The lowest BCUT2D eigenvalue weighted by Gasteiger charge is -2.35. The molecule has 148 valence electrons. The molecule has 1 aromatic carbocycles. The van der Waals surface area contributed by atoms with E-state index in [-0.39, 0.29) is 12.1 Å². The molecular formula is C24H26N4O. The number of aryl methyl sites for hydroxylation is 1. The average molecular weight is 386 g/mol. The highest BCUT2D eigenvalue weighted by molar-refractivity contribution is 5.78. The molecule has 0 bridgehead atoms. The SMILES string of the molecule is Cc1ccc(Cc2cc3c(c4c2=CN=CC4)N=CN([C@H]2CCCC[C@@H]2O)C=3)cn1. The number of aromatic nitrogens is 1. The van der Waals surface area contributed by atoms with Gasteiger partial charge >= 0.3 is 0 Å². The van der Waals surface area contributed by atoms with Gasteiger partial charge in [0.1, 0.15) is 0 Å². The number of pyridine rings is 1. The van der Waals surface area contributed by atoms with Crippen LogP contribution < -0.4 is 10.4 Å². The monoisotopic (exact) mass is 386 g/mol. The van der Waals surface area contributed by atoms with Crippen molar-refractivity contribution in [3.8, 4) is 0 Å². The fourth-order valence-corrected chi connectivity index (χ4v) is 4.63. The van der Waals surface area contributed by atoms with Crippen LogP contribution in [0.15, 0.2) is 34.4 Å². The maximum Gasteiger partial charge on any atom is 0.0956 e. The number of aliphatic hydroxyl groups excluding tert-OH is 1. The van der Waals surface area contributed by atoms with Crippen molar-refractivity contribution in [3.05, 3.63) is 57.2 Å². The van der Waals surface area contributed by atoms with Gasteiger partial charge in [-0.15, -0.1) is 0 Å². The maximum absolute atomic E-state index is 10.5. The van der Waals surface area contributed by atoms with Gasteiger partial charge in [-0.05, 0) is 55.0 Å². The molecule has 5 heteroatoms. The average Bonchev–Trinajstić information content (AvgIpc) is 2.75. The van der Waals surface area contributed by atoms with Crippen LogP contribution in [0.1, 0.15) is 48.1 Å². The third-order valence-electron chi connectivity index (χ3n) is 6.22. The topological polar surface area (TPSA) is 61.1 Å². The molecule has 2 aliphatic heterocycles. The first-order valence-corrected chi connectivity index (χ1v) is 10.5. The van der Waals surface area contributed by atoms with E-state index in [1.807, 2.05) is 31.9 Å². The molecule has 3 heterocycles. The van der Waals surface area contributed by atoms with Gasteiger partial charge in [-0.3, -0.25) is 9.98 Å². The fraction of sp³-hybridized carbons (Fsp3) is 0.375. The Morgan fingerprint density at radius 1 is 1.21 bits per heavy atom. The molecule has 1 fully saturated rings. The van der Waals surface area contributed by atoms with E-state index in [9.17, 15) is 5.11 Å². The minimum atomic E-state index is -0.288. The number of fused-ring (bicyclic) bond motifs is 3. The molecule has 2 aromatic rings. The molecule has 5 rings (SSSR count). The van der Waals surface area contributed by atoms with Gasteiger partial charge in [-0.25, -0.2) is 4.99 Å². The Morgan fingerprint density at radius 2 is 2.10 bits per heavy atom. The number of aliphatic imine (C=N–C) groups is 2. The maximum atomic E-state index is 10.5. The lowest BCUT2D eigenvalue weighted by atomic mass is 9.91. The van der Waals surface area contributed by atoms with E-state index in [0.29, 0.717) is 0 Å². The molecule has 1 saturated carbocycles. The van der Waals surface area contributed by atoms with Gasteiger partial charge in [-0.2, -0.15) is 0 Å². The summed E-state index contributed by atoms with van der Waals surface area (Å²) in [5, 5.41) is 12.8. The van der Waals surface area contributed by atoms with Crippen LogP contribution in [0.25, 0.3) is 12.4 Å². The highest BCUT2D eigenvalue weighted by Crippen LogP contribution is 2.25. The summed E-state index contributed by atoms with van der Waals surface area (Å²) in [5.74, 6) is 0. The highest BCUT2D eigenvalue weighted by atomic mass is 16.3. The van der Waals surface area contributed by atoms with E-state index < -0.39 is 0 Å². The van der Waals surface area contributed by atoms with Crippen molar-refractivity contribution in [1.29, 1.82) is 0 Å². The van der Waals surface area contributed by atoms with Crippen molar-refractivity contribution < 1.29 is 5.11 Å². The molecular weight excluding hydrogens is 360 g/mol. The summed E-state index contributed by atoms with van der Waals surface area (Å²) in [5.41, 5.74) is 5.75. The zero-order chi connectivity index (χ0) is 19.8. The van der Waals surface area contributed by atoms with Crippen LogP contribution in [0.2, 0.25) is 0 Å². The largest absolute Gasteiger partial charge is 0.391 e. The number of benzene rings is 1. The Labute approximate surface area is 170 Å². The Morgan fingerprint density at radius 3 is 2.93 bits per heavy atom. The van der Waals surface area contributed by atoms with Gasteiger partial charge < -0.3 is 10.0 Å². The first kappa shape index (κ1) is 18.3. The Bertz CT molecular complexity index is 1100. The number of hydrogen-bond acceptors (Lipinski definition) is 5. The summed E-state index contributed by atoms with van der Waals surface area (Å²) in [7, 11) is 0. The molecule has 1 aromatic heterocycles. The number of rotatable bonds is 3. The zero-order valence-corrected chi connectivity index (χ0v) is 16.8. The van der Waals surface area contributed by atoms with Gasteiger partial charge in [0.15, 0.2) is 0 Å². The van der Waals surface area contributed by atoms with E-state index in [1.165, 1.54) is 21.9 Å². The second-order valence-corrected chi connectivity index (χ2v) is 8.26. The molecule has 1 aliphatic carbocycles. The summed E-state index contributed by atoms with van der Waals surface area (Å²) in [6, 6.07) is 6.57. The smallest absolute Gasteiger partial charge is 0.0956 e. The van der Waals surface area contributed by atoms with E-state index in [1.54, 1.807) is 0 Å². The van der Waals surface area contributed by atoms with Crippen molar-refractivity contribution in [3.63, 3.8) is 0 Å². The summed E-state index contributed by atoms with van der Waals surface area (Å²) in [4.78, 5) is 15.8. The van der Waals surface area contributed by atoms with Crippen LogP contribution in [-0.4, -0.2) is 39.7 Å². The minimum absolute atomic E-state index is 0.120. The van der Waals surface area contributed by atoms with E-state index in [2.05, 4.69) is 39.3 Å². The summed E-state index contributed by atoms with van der Waals surface area (Å²) >= 11 is 0. The third kappa shape index (κ3) is 3.51. The van der Waals surface area contributed by atoms with Crippen LogP contribution in [0, 0.1) is 6.92 Å². The van der Waals surface area contributed by atoms with Crippen molar-refractivity contribution in [2.75, 3.05) is 0 Å². The third-order valence-corrected chi connectivity index (χ3v) is 6.22. The molecule has 0 radical (unpaired) electrons. The Balaban J connectivity index is 1.58. The van der Waals surface area contributed by atoms with Crippen LogP contribution in [-0.2, 0) is 12.8 Å². The second-order valence-electron chi connectivity index (χ2n) is 8.26. The highest BCUT2D eigenvalue weighted by Gasteiger charge is 2.28. The summed E-state index contributed by atoms with van der Waals surface area (Å²) in [6.45, 7) is 2.01. The van der Waals surface area contributed by atoms with Crippen molar-refractivity contribution >= 4 is 30.6 Å². The van der Waals surface area contributed by atoms with Crippen molar-refractivity contribution in [2.45, 2.75) is 57.6 Å². The number of nitrogens with zero attached hydrogens (tertiary/aromatic N) is 4. The summed E-state index contributed by atoms with van der Waals surface area (Å²) in [6.07, 6.45) is 15.4. The van der Waals surface area contributed by atoms with Crippen molar-refractivity contribution in [1.82, 2.24) is 9.88 Å². The molecule has 29 heavy (non-hydrogen) atoms. The molecule has 3 aliphatic rings. The normalized spacial score (nSPS) is 22.5. The molecule has 1 N–H and O–H groups in total. The van der Waals surface area contributed by atoms with E-state index in [4.69, 9.17) is 4.99 Å². The van der Waals surface area contributed by atoms with Crippen LogP contribution in [0.4, 0.5) is 5.69 Å². The predicted molar refractivity (Wildman–Crippen MR) is 117 cm³/mol. The van der Waals surface area contributed by atoms with Gasteiger partial charge in [-0.1, -0.05) is 18.9 Å². The van der Waals surface area contributed by atoms with Crippen molar-refractivity contribution in [2.24, 2.45) is 9.98 Å². The first-order valence-electron chi connectivity index (χ1n) is 10.5. The minimum Gasteiger partial charge on any atom is -0.391 e. The Kier molecular flexibility index (Phi) is 4.76. The van der Waals surface area contributed by atoms with Crippen LogP contribution in [0.5, 0.6) is 0 Å². The standard InChI is InChI=1S/C24H26N4O/c1-16-6-7-17(12-26-16)10-18-11-19-14-28(22-4-2-3-5-23(22)29)15-27-24(19)20-8-9-25-13-21(18)20/h6-7,9,11-15,22-23,29H,2-5,8,10H2,1H3/t22-,23-/m0/s1. The number of aliphatic hydroxyl groups is 1. The molecule has 2 atom stereocenters. The van der Waals surface area contributed by atoms with Gasteiger partial charge in [0.05, 0.1) is 24.2 Å². The molecule has 0 unspecified atom stereocenters. The summed E-state index contributed by atoms with van der Waals surface area (Å²) < 4.78 is 0. The molecule has 0 amide bonds. The lowest BCUT2D eigenvalue weighted by Crippen LogP contribution is -2.43. The molecule has 0 spiro atoms. The Hall–Kier alpha value is -2.79. The lowest BCUT2D eigenvalue weighted by molar-refractivity contribution is 0.0717. The van der Waals surface area contributed by atoms with E-state index in [0.717, 1.165) is 55.1 Å².